The minimum atomic E-state index is -0.664. The minimum Gasteiger partial charge on any atom is -0.394 e. The van der Waals surface area contributed by atoms with Gasteiger partial charge in [-0.1, -0.05) is 6.92 Å². The third-order valence-corrected chi connectivity index (χ3v) is 2.72. The SMILES string of the molecule is CCC(C)(CO)Nc1ccc(F)cc1[N+](=O)[O-]. The Bertz CT molecular complexity index is 419. The van der Waals surface area contributed by atoms with E-state index >= 15 is 0 Å². The minimum absolute atomic E-state index is 0.169. The Morgan fingerprint density at radius 1 is 1.59 bits per heavy atom. The van der Waals surface area contributed by atoms with Crippen molar-refractivity contribution in [1.82, 2.24) is 0 Å². The summed E-state index contributed by atoms with van der Waals surface area (Å²) in [4.78, 5) is 10.1. The van der Waals surface area contributed by atoms with Crippen molar-refractivity contribution in [1.29, 1.82) is 0 Å². The van der Waals surface area contributed by atoms with Crippen molar-refractivity contribution in [2.45, 2.75) is 25.8 Å². The third-order valence-electron chi connectivity index (χ3n) is 2.72. The van der Waals surface area contributed by atoms with E-state index in [1.807, 2.05) is 6.92 Å². The zero-order valence-corrected chi connectivity index (χ0v) is 9.74. The first-order valence-corrected chi connectivity index (χ1v) is 5.25. The molecule has 0 radical (unpaired) electrons. The average molecular weight is 242 g/mol. The van der Waals surface area contributed by atoms with E-state index < -0.39 is 16.3 Å². The van der Waals surface area contributed by atoms with Gasteiger partial charge in [0.2, 0.25) is 0 Å². The molecular formula is C11H15FN2O3. The summed E-state index contributed by atoms with van der Waals surface area (Å²) in [5, 5.41) is 22.9. The number of benzene rings is 1. The summed E-state index contributed by atoms with van der Waals surface area (Å²) in [6.45, 7) is 3.41. The van der Waals surface area contributed by atoms with Crippen LogP contribution in [0.4, 0.5) is 15.8 Å². The number of rotatable bonds is 5. The van der Waals surface area contributed by atoms with Gasteiger partial charge >= 0.3 is 0 Å². The maximum atomic E-state index is 12.9. The van der Waals surface area contributed by atoms with Crippen LogP contribution in [0.5, 0.6) is 0 Å². The highest BCUT2D eigenvalue weighted by Gasteiger charge is 2.24. The lowest BCUT2D eigenvalue weighted by Crippen LogP contribution is -2.38. The molecule has 5 nitrogen and oxygen atoms in total. The topological polar surface area (TPSA) is 75.4 Å². The fourth-order valence-electron chi connectivity index (χ4n) is 1.33. The van der Waals surface area contributed by atoms with E-state index in [4.69, 9.17) is 0 Å². The van der Waals surface area contributed by atoms with Crippen molar-refractivity contribution in [3.8, 4) is 0 Å². The number of halogens is 1. The number of aliphatic hydroxyl groups excluding tert-OH is 1. The molecule has 0 aliphatic carbocycles. The zero-order valence-electron chi connectivity index (χ0n) is 9.74. The molecular weight excluding hydrogens is 227 g/mol. The van der Waals surface area contributed by atoms with E-state index in [2.05, 4.69) is 5.32 Å². The number of nitro benzene ring substituents is 1. The summed E-state index contributed by atoms with van der Waals surface area (Å²) >= 11 is 0. The predicted molar refractivity (Wildman–Crippen MR) is 62.5 cm³/mol. The maximum absolute atomic E-state index is 12.9. The normalized spacial score (nSPS) is 14.1. The van der Waals surface area contributed by atoms with Gasteiger partial charge in [-0.25, -0.2) is 4.39 Å². The molecule has 17 heavy (non-hydrogen) atoms. The highest BCUT2D eigenvalue weighted by molar-refractivity contribution is 5.62. The van der Waals surface area contributed by atoms with Gasteiger partial charge in [0.05, 0.1) is 23.1 Å². The molecule has 0 bridgehead atoms. The Kier molecular flexibility index (Phi) is 4.01. The van der Waals surface area contributed by atoms with Gasteiger partial charge in [-0.15, -0.1) is 0 Å². The molecule has 1 aromatic carbocycles. The quantitative estimate of drug-likeness (QED) is 0.613. The van der Waals surface area contributed by atoms with Crippen molar-refractivity contribution < 1.29 is 14.4 Å². The van der Waals surface area contributed by atoms with Crippen LogP contribution < -0.4 is 5.32 Å². The van der Waals surface area contributed by atoms with Crippen LogP contribution in [0, 0.1) is 15.9 Å². The Balaban J connectivity index is 3.10. The second-order valence-electron chi connectivity index (χ2n) is 4.12. The lowest BCUT2D eigenvalue weighted by molar-refractivity contribution is -0.384. The molecule has 0 saturated carbocycles. The molecule has 0 fully saturated rings. The number of aliphatic hydroxyl groups is 1. The molecule has 1 aromatic rings. The smallest absolute Gasteiger partial charge is 0.295 e. The number of hydrogen-bond acceptors (Lipinski definition) is 4. The second kappa shape index (κ2) is 5.09. The van der Waals surface area contributed by atoms with Crippen LogP contribution in [0.1, 0.15) is 20.3 Å². The Morgan fingerprint density at radius 3 is 2.71 bits per heavy atom. The van der Waals surface area contributed by atoms with E-state index in [9.17, 15) is 19.6 Å². The number of nitro groups is 1. The fraction of sp³-hybridized carbons (Fsp3) is 0.455. The number of nitrogens with zero attached hydrogens (tertiary/aromatic N) is 1. The lowest BCUT2D eigenvalue weighted by Gasteiger charge is -2.28. The molecule has 0 aromatic heterocycles. The van der Waals surface area contributed by atoms with E-state index in [0.717, 1.165) is 12.1 Å². The molecule has 94 valence electrons. The molecule has 6 heteroatoms. The Morgan fingerprint density at radius 2 is 2.24 bits per heavy atom. The van der Waals surface area contributed by atoms with E-state index in [-0.39, 0.29) is 18.0 Å². The van der Waals surface area contributed by atoms with Gasteiger partial charge in [-0.2, -0.15) is 0 Å². The van der Waals surface area contributed by atoms with Gasteiger partial charge in [0.1, 0.15) is 11.5 Å². The van der Waals surface area contributed by atoms with Crippen LogP contribution in [0.3, 0.4) is 0 Å². The van der Waals surface area contributed by atoms with Gasteiger partial charge in [0.25, 0.3) is 5.69 Å². The van der Waals surface area contributed by atoms with Gasteiger partial charge in [-0.05, 0) is 25.5 Å². The molecule has 2 N–H and O–H groups in total. The standard InChI is InChI=1S/C11H15FN2O3/c1-3-11(2,7-15)13-9-5-4-8(12)6-10(9)14(16)17/h4-6,13,15H,3,7H2,1-2H3. The predicted octanol–water partition coefficient (Wildman–Crippen LogP) is 2.31. The van der Waals surface area contributed by atoms with Gasteiger partial charge in [0, 0.05) is 0 Å². The summed E-state index contributed by atoms with van der Waals surface area (Å²) in [5.74, 6) is -0.663. The highest BCUT2D eigenvalue weighted by Crippen LogP contribution is 2.28. The summed E-state index contributed by atoms with van der Waals surface area (Å²) in [7, 11) is 0. The Labute approximate surface area is 98.4 Å². The average Bonchev–Trinajstić information content (AvgIpc) is 2.31. The van der Waals surface area contributed by atoms with Crippen LogP contribution in [0.2, 0.25) is 0 Å². The van der Waals surface area contributed by atoms with E-state index in [0.29, 0.717) is 6.42 Å². The van der Waals surface area contributed by atoms with Crippen molar-refractivity contribution in [3.63, 3.8) is 0 Å². The summed E-state index contributed by atoms with van der Waals surface area (Å²) < 4.78 is 12.9. The van der Waals surface area contributed by atoms with Crippen molar-refractivity contribution >= 4 is 11.4 Å². The van der Waals surface area contributed by atoms with Crippen molar-refractivity contribution in [3.05, 3.63) is 34.1 Å². The summed E-state index contributed by atoms with van der Waals surface area (Å²) in [5.41, 5.74) is -0.796. The number of nitrogens with one attached hydrogen (secondary N) is 1. The first kappa shape index (κ1) is 13.4. The van der Waals surface area contributed by atoms with Crippen molar-refractivity contribution in [2.24, 2.45) is 0 Å². The lowest BCUT2D eigenvalue weighted by atomic mass is 9.99. The second-order valence-corrected chi connectivity index (χ2v) is 4.12. The van der Waals surface area contributed by atoms with Gasteiger partial charge < -0.3 is 10.4 Å². The maximum Gasteiger partial charge on any atom is 0.295 e. The fourth-order valence-corrected chi connectivity index (χ4v) is 1.33. The number of hydrogen-bond donors (Lipinski definition) is 2. The zero-order chi connectivity index (χ0) is 13.1. The molecule has 0 heterocycles. The van der Waals surface area contributed by atoms with Crippen molar-refractivity contribution in [2.75, 3.05) is 11.9 Å². The van der Waals surface area contributed by atoms with Crippen LogP contribution in [-0.2, 0) is 0 Å². The molecule has 1 atom stereocenters. The van der Waals surface area contributed by atoms with E-state index in [1.54, 1.807) is 6.92 Å². The molecule has 1 rings (SSSR count). The molecule has 0 saturated heterocycles. The molecule has 1 unspecified atom stereocenters. The first-order valence-electron chi connectivity index (χ1n) is 5.25. The van der Waals surface area contributed by atoms with Gasteiger partial charge in [-0.3, -0.25) is 10.1 Å². The molecule has 0 aliphatic rings. The first-order chi connectivity index (χ1) is 7.91. The largest absolute Gasteiger partial charge is 0.394 e. The number of anilines is 1. The van der Waals surface area contributed by atoms with Gasteiger partial charge in [0.15, 0.2) is 0 Å². The monoisotopic (exact) mass is 242 g/mol. The van der Waals surface area contributed by atoms with E-state index in [1.165, 1.54) is 6.07 Å². The summed E-state index contributed by atoms with van der Waals surface area (Å²) in [6, 6.07) is 3.30. The highest BCUT2D eigenvalue weighted by atomic mass is 19.1. The van der Waals surface area contributed by atoms with Crippen LogP contribution in [-0.4, -0.2) is 22.2 Å². The molecule has 0 spiro atoms. The molecule has 0 aliphatic heterocycles. The van der Waals surface area contributed by atoms with Crippen LogP contribution in [0.25, 0.3) is 0 Å². The summed E-state index contributed by atoms with van der Waals surface area (Å²) in [6.07, 6.45) is 0.581. The van der Waals surface area contributed by atoms with Crippen LogP contribution in [0.15, 0.2) is 18.2 Å². The Hall–Kier alpha value is -1.69. The molecule has 0 amide bonds. The third kappa shape index (κ3) is 3.13. The van der Waals surface area contributed by atoms with Crippen LogP contribution >= 0.6 is 0 Å².